The van der Waals surface area contributed by atoms with Crippen LogP contribution in [0.2, 0.25) is 0 Å². The van der Waals surface area contributed by atoms with E-state index in [0.717, 1.165) is 30.9 Å². The number of nitrogens with zero attached hydrogens (tertiary/aromatic N) is 3. The Morgan fingerprint density at radius 2 is 1.81 bits per heavy atom. The molecule has 0 unspecified atom stereocenters. The van der Waals surface area contributed by atoms with E-state index in [1.165, 1.54) is 0 Å². The molecule has 0 radical (unpaired) electrons. The maximum Gasteiger partial charge on any atom is 0.253 e. The molecular formula is C22H25N3O2. The van der Waals surface area contributed by atoms with Crippen molar-refractivity contribution in [1.82, 2.24) is 14.8 Å². The van der Waals surface area contributed by atoms with Crippen molar-refractivity contribution in [2.24, 2.45) is 0 Å². The van der Waals surface area contributed by atoms with Gasteiger partial charge < -0.3 is 10.0 Å². The van der Waals surface area contributed by atoms with Crippen LogP contribution in [-0.2, 0) is 6.54 Å². The van der Waals surface area contributed by atoms with E-state index in [-0.39, 0.29) is 5.91 Å². The molecule has 0 saturated carbocycles. The third-order valence-corrected chi connectivity index (χ3v) is 4.42. The summed E-state index contributed by atoms with van der Waals surface area (Å²) in [6.45, 7) is 7.22. The molecule has 2 aromatic rings. The highest BCUT2D eigenvalue weighted by Gasteiger charge is 2.22. The predicted molar refractivity (Wildman–Crippen MR) is 105 cm³/mol. The first kappa shape index (κ1) is 19.1. The number of carbonyl (C=O) groups is 1. The van der Waals surface area contributed by atoms with Gasteiger partial charge in [0.2, 0.25) is 0 Å². The highest BCUT2D eigenvalue weighted by Crippen LogP contribution is 2.12. The van der Waals surface area contributed by atoms with E-state index >= 15 is 0 Å². The monoisotopic (exact) mass is 363 g/mol. The number of rotatable bonds is 3. The Morgan fingerprint density at radius 3 is 2.41 bits per heavy atom. The van der Waals surface area contributed by atoms with Crippen molar-refractivity contribution in [3.8, 4) is 11.8 Å². The van der Waals surface area contributed by atoms with Gasteiger partial charge in [-0.3, -0.25) is 14.7 Å². The Morgan fingerprint density at radius 1 is 1.11 bits per heavy atom. The van der Waals surface area contributed by atoms with Crippen LogP contribution in [0.3, 0.4) is 0 Å². The lowest BCUT2D eigenvalue weighted by atomic mass is 10.1. The van der Waals surface area contributed by atoms with Crippen molar-refractivity contribution < 1.29 is 9.90 Å². The van der Waals surface area contributed by atoms with E-state index in [1.807, 2.05) is 41.4 Å². The molecule has 0 atom stereocenters. The van der Waals surface area contributed by atoms with Crippen molar-refractivity contribution in [2.45, 2.75) is 26.0 Å². The summed E-state index contributed by atoms with van der Waals surface area (Å²) < 4.78 is 0. The molecule has 140 valence electrons. The number of hydrogen-bond acceptors (Lipinski definition) is 4. The minimum atomic E-state index is -1.02. The lowest BCUT2D eigenvalue weighted by molar-refractivity contribution is 0.0627. The Kier molecular flexibility index (Phi) is 5.90. The van der Waals surface area contributed by atoms with Crippen LogP contribution in [0.1, 0.15) is 35.5 Å². The molecular weight excluding hydrogens is 338 g/mol. The largest absolute Gasteiger partial charge is 0.378 e. The Bertz CT molecular complexity index is 822. The Hall–Kier alpha value is -2.68. The van der Waals surface area contributed by atoms with E-state index in [9.17, 15) is 9.90 Å². The molecule has 1 aliphatic rings. The summed E-state index contributed by atoms with van der Waals surface area (Å²) in [4.78, 5) is 21.3. The van der Waals surface area contributed by atoms with Crippen LogP contribution >= 0.6 is 0 Å². The normalized spacial score (nSPS) is 15.1. The number of pyridine rings is 1. The van der Waals surface area contributed by atoms with Crippen molar-refractivity contribution >= 4 is 5.91 Å². The van der Waals surface area contributed by atoms with Crippen molar-refractivity contribution in [2.75, 3.05) is 26.2 Å². The molecule has 0 bridgehead atoms. The number of hydrogen-bond donors (Lipinski definition) is 1. The first-order chi connectivity index (χ1) is 12.9. The zero-order valence-electron chi connectivity index (χ0n) is 15.9. The van der Waals surface area contributed by atoms with E-state index in [0.29, 0.717) is 18.7 Å². The van der Waals surface area contributed by atoms with Gasteiger partial charge in [-0.2, -0.15) is 0 Å². The second-order valence-electron chi connectivity index (χ2n) is 7.28. The summed E-state index contributed by atoms with van der Waals surface area (Å²) in [5.74, 6) is 5.75. The molecule has 1 N–H and O–H groups in total. The Labute approximate surface area is 160 Å². The molecule has 2 heterocycles. The van der Waals surface area contributed by atoms with Gasteiger partial charge in [0.25, 0.3) is 5.91 Å². The molecule has 1 fully saturated rings. The molecule has 1 aromatic carbocycles. The highest BCUT2D eigenvalue weighted by molar-refractivity contribution is 5.94. The summed E-state index contributed by atoms with van der Waals surface area (Å²) in [6, 6.07) is 13.2. The number of benzene rings is 1. The number of carbonyl (C=O) groups excluding carboxylic acids is 1. The van der Waals surface area contributed by atoms with Gasteiger partial charge in [0.15, 0.2) is 0 Å². The van der Waals surface area contributed by atoms with E-state index in [4.69, 9.17) is 0 Å². The molecule has 5 nitrogen and oxygen atoms in total. The summed E-state index contributed by atoms with van der Waals surface area (Å²) in [6.07, 6.45) is 1.81. The first-order valence-electron chi connectivity index (χ1n) is 9.18. The van der Waals surface area contributed by atoms with Crippen LogP contribution < -0.4 is 0 Å². The molecule has 5 heteroatoms. The average molecular weight is 363 g/mol. The number of aliphatic hydroxyl groups is 1. The quantitative estimate of drug-likeness (QED) is 0.849. The molecule has 1 amide bonds. The van der Waals surface area contributed by atoms with Crippen LogP contribution in [0, 0.1) is 11.8 Å². The molecule has 27 heavy (non-hydrogen) atoms. The van der Waals surface area contributed by atoms with Crippen LogP contribution in [0.5, 0.6) is 0 Å². The van der Waals surface area contributed by atoms with E-state index in [2.05, 4.69) is 21.7 Å². The minimum Gasteiger partial charge on any atom is -0.378 e. The molecule has 1 saturated heterocycles. The van der Waals surface area contributed by atoms with Crippen LogP contribution in [-0.4, -0.2) is 57.6 Å². The van der Waals surface area contributed by atoms with Crippen molar-refractivity contribution in [1.29, 1.82) is 0 Å². The lowest BCUT2D eigenvalue weighted by Crippen LogP contribution is -2.48. The predicted octanol–water partition coefficient (Wildman–Crippen LogP) is 2.16. The Balaban J connectivity index is 1.55. The second kappa shape index (κ2) is 8.34. The van der Waals surface area contributed by atoms with Gasteiger partial charge in [-0.1, -0.05) is 17.9 Å². The summed E-state index contributed by atoms with van der Waals surface area (Å²) in [5.41, 5.74) is 1.49. The third-order valence-electron chi connectivity index (χ3n) is 4.42. The summed E-state index contributed by atoms with van der Waals surface area (Å²) >= 11 is 0. The van der Waals surface area contributed by atoms with Gasteiger partial charge in [-0.25, -0.2) is 0 Å². The first-order valence-corrected chi connectivity index (χ1v) is 9.18. The van der Waals surface area contributed by atoms with Crippen LogP contribution in [0.25, 0.3) is 0 Å². The zero-order chi connectivity index (χ0) is 19.3. The zero-order valence-corrected chi connectivity index (χ0v) is 15.9. The van der Waals surface area contributed by atoms with Gasteiger partial charge in [0.1, 0.15) is 5.60 Å². The fourth-order valence-electron chi connectivity index (χ4n) is 2.93. The summed E-state index contributed by atoms with van der Waals surface area (Å²) in [7, 11) is 0. The van der Waals surface area contributed by atoms with Gasteiger partial charge in [-0.15, -0.1) is 0 Å². The second-order valence-corrected chi connectivity index (χ2v) is 7.28. The van der Waals surface area contributed by atoms with Gasteiger partial charge >= 0.3 is 0 Å². The van der Waals surface area contributed by atoms with Crippen molar-refractivity contribution in [3.63, 3.8) is 0 Å². The number of piperazine rings is 1. The lowest BCUT2D eigenvalue weighted by Gasteiger charge is -2.34. The molecule has 0 spiro atoms. The minimum absolute atomic E-state index is 0.0504. The maximum atomic E-state index is 12.7. The standard InChI is InChI=1S/C22H25N3O2/c1-22(2,27)11-10-18-6-8-19(9-7-18)21(26)25-15-13-24(14-16-25)17-20-5-3-4-12-23-20/h3-9,12,27H,13-17H2,1-2H3. The van der Waals surface area contributed by atoms with E-state index in [1.54, 1.807) is 26.0 Å². The SMILES string of the molecule is CC(C)(O)C#Cc1ccc(C(=O)N2CCN(Cc3ccccn3)CC2)cc1. The molecule has 0 aliphatic carbocycles. The maximum absolute atomic E-state index is 12.7. The molecule has 3 rings (SSSR count). The summed E-state index contributed by atoms with van der Waals surface area (Å²) in [5, 5.41) is 9.66. The van der Waals surface area contributed by atoms with Gasteiger partial charge in [0, 0.05) is 50.0 Å². The van der Waals surface area contributed by atoms with Crippen molar-refractivity contribution in [3.05, 3.63) is 65.5 Å². The number of amides is 1. The van der Waals surface area contributed by atoms with Gasteiger partial charge in [-0.05, 0) is 50.2 Å². The fourth-order valence-corrected chi connectivity index (χ4v) is 2.93. The third kappa shape index (κ3) is 5.65. The van der Waals surface area contributed by atoms with E-state index < -0.39 is 5.60 Å². The fraction of sp³-hybridized carbons (Fsp3) is 0.364. The molecule has 1 aliphatic heterocycles. The average Bonchev–Trinajstić information content (AvgIpc) is 2.67. The number of aromatic nitrogens is 1. The van der Waals surface area contributed by atoms with Gasteiger partial charge in [0.05, 0.1) is 5.69 Å². The van der Waals surface area contributed by atoms with Crippen LogP contribution in [0.15, 0.2) is 48.7 Å². The highest BCUT2D eigenvalue weighted by atomic mass is 16.3. The topological polar surface area (TPSA) is 56.7 Å². The van der Waals surface area contributed by atoms with Crippen LogP contribution in [0.4, 0.5) is 0 Å². The smallest absolute Gasteiger partial charge is 0.253 e. The molecule has 1 aromatic heterocycles.